The van der Waals surface area contributed by atoms with Gasteiger partial charge in [-0.3, -0.25) is 4.79 Å². The highest BCUT2D eigenvalue weighted by Crippen LogP contribution is 2.40. The molecule has 2 aliphatic rings. The number of rotatable bonds is 2. The van der Waals surface area contributed by atoms with Crippen molar-refractivity contribution in [3.63, 3.8) is 0 Å². The van der Waals surface area contributed by atoms with Gasteiger partial charge < -0.3 is 19.3 Å². The quantitative estimate of drug-likeness (QED) is 0.805. The molecule has 0 saturated carbocycles. The molecule has 25 heavy (non-hydrogen) atoms. The molecule has 2 amide bonds. The number of ether oxygens (including phenoxy) is 2. The highest BCUT2D eigenvalue weighted by atomic mass is 35.5. The summed E-state index contributed by atoms with van der Waals surface area (Å²) in [7, 11) is 1.37. The Morgan fingerprint density at radius 2 is 1.68 bits per heavy atom. The summed E-state index contributed by atoms with van der Waals surface area (Å²) in [4.78, 5) is 28.6. The van der Waals surface area contributed by atoms with E-state index in [1.165, 1.54) is 7.11 Å². The molecule has 0 aliphatic carbocycles. The number of piperazine rings is 1. The minimum atomic E-state index is -0.649. The van der Waals surface area contributed by atoms with Crippen LogP contribution in [0.2, 0.25) is 5.02 Å². The fourth-order valence-corrected chi connectivity index (χ4v) is 4.01. The van der Waals surface area contributed by atoms with E-state index in [0.29, 0.717) is 57.3 Å². The van der Waals surface area contributed by atoms with Gasteiger partial charge in [-0.1, -0.05) is 29.8 Å². The van der Waals surface area contributed by atoms with E-state index in [1.54, 1.807) is 4.90 Å². The minimum absolute atomic E-state index is 0.0772. The number of hydrogen-bond acceptors (Lipinski definition) is 4. The predicted octanol–water partition coefficient (Wildman–Crippen LogP) is 2.30. The number of carbonyl (C=O) groups excluding carboxylic acids is 2. The van der Waals surface area contributed by atoms with Crippen LogP contribution in [0.3, 0.4) is 0 Å². The van der Waals surface area contributed by atoms with Crippen molar-refractivity contribution in [2.24, 2.45) is 0 Å². The van der Waals surface area contributed by atoms with Crippen LogP contribution in [0, 0.1) is 0 Å². The molecule has 3 rings (SSSR count). The molecule has 7 heteroatoms. The average Bonchev–Trinajstić information content (AvgIpc) is 2.68. The summed E-state index contributed by atoms with van der Waals surface area (Å²) in [6.45, 7) is 3.04. The van der Waals surface area contributed by atoms with Crippen LogP contribution in [0.4, 0.5) is 4.79 Å². The molecule has 0 unspecified atom stereocenters. The van der Waals surface area contributed by atoms with E-state index in [2.05, 4.69) is 0 Å². The molecule has 2 heterocycles. The van der Waals surface area contributed by atoms with Gasteiger partial charge in [-0.15, -0.1) is 0 Å². The molecule has 0 spiro atoms. The maximum Gasteiger partial charge on any atom is 0.409 e. The molecule has 2 aliphatic heterocycles. The molecule has 1 aromatic rings. The molecule has 0 radical (unpaired) electrons. The largest absolute Gasteiger partial charge is 0.453 e. The second kappa shape index (κ2) is 7.62. The first kappa shape index (κ1) is 18.0. The predicted molar refractivity (Wildman–Crippen MR) is 93.7 cm³/mol. The highest BCUT2D eigenvalue weighted by molar-refractivity contribution is 6.31. The Kier molecular flexibility index (Phi) is 5.49. The summed E-state index contributed by atoms with van der Waals surface area (Å²) in [5.74, 6) is 0.0772. The molecule has 6 nitrogen and oxygen atoms in total. The number of carbonyl (C=O) groups is 2. The first-order valence-corrected chi connectivity index (χ1v) is 8.91. The van der Waals surface area contributed by atoms with Gasteiger partial charge in [0.1, 0.15) is 0 Å². The molecule has 0 atom stereocenters. The van der Waals surface area contributed by atoms with Crippen LogP contribution in [-0.4, -0.2) is 68.3 Å². The van der Waals surface area contributed by atoms with Gasteiger partial charge in [0, 0.05) is 44.4 Å². The van der Waals surface area contributed by atoms with E-state index < -0.39 is 5.41 Å². The summed E-state index contributed by atoms with van der Waals surface area (Å²) in [5, 5.41) is 0.617. The van der Waals surface area contributed by atoms with E-state index in [1.807, 2.05) is 29.2 Å². The highest BCUT2D eigenvalue weighted by Gasteiger charge is 2.45. The third-order valence-corrected chi connectivity index (χ3v) is 5.47. The van der Waals surface area contributed by atoms with Crippen LogP contribution in [0.25, 0.3) is 0 Å². The molecule has 136 valence electrons. The van der Waals surface area contributed by atoms with Gasteiger partial charge in [-0.2, -0.15) is 0 Å². The van der Waals surface area contributed by atoms with Crippen molar-refractivity contribution >= 4 is 23.6 Å². The SMILES string of the molecule is COC(=O)N1CCN(C(=O)C2(c3ccccc3Cl)CCOCC2)CC1. The van der Waals surface area contributed by atoms with Gasteiger partial charge in [0.25, 0.3) is 0 Å². The summed E-state index contributed by atoms with van der Waals surface area (Å²) in [5.41, 5.74) is 0.227. The molecule has 2 fully saturated rings. The van der Waals surface area contributed by atoms with Crippen molar-refractivity contribution in [3.8, 4) is 0 Å². The van der Waals surface area contributed by atoms with E-state index in [9.17, 15) is 9.59 Å². The minimum Gasteiger partial charge on any atom is -0.453 e. The summed E-state index contributed by atoms with van der Waals surface area (Å²) >= 11 is 6.43. The molecule has 0 N–H and O–H groups in total. The zero-order valence-electron chi connectivity index (χ0n) is 14.4. The smallest absolute Gasteiger partial charge is 0.409 e. The van der Waals surface area contributed by atoms with Crippen LogP contribution in [0.1, 0.15) is 18.4 Å². The first-order chi connectivity index (χ1) is 12.1. The normalized spacial score (nSPS) is 20.2. The number of methoxy groups -OCH3 is 1. The Hall–Kier alpha value is -1.79. The van der Waals surface area contributed by atoms with Gasteiger partial charge >= 0.3 is 6.09 Å². The fourth-order valence-electron chi connectivity index (χ4n) is 3.69. The van der Waals surface area contributed by atoms with Crippen molar-refractivity contribution < 1.29 is 19.1 Å². The number of benzene rings is 1. The number of hydrogen-bond donors (Lipinski definition) is 0. The third-order valence-electron chi connectivity index (χ3n) is 5.14. The Morgan fingerprint density at radius 3 is 2.28 bits per heavy atom. The summed E-state index contributed by atoms with van der Waals surface area (Å²) in [6.07, 6.45) is 0.888. The first-order valence-electron chi connectivity index (χ1n) is 8.53. The van der Waals surface area contributed by atoms with Crippen LogP contribution in [0.5, 0.6) is 0 Å². The summed E-state index contributed by atoms with van der Waals surface area (Å²) < 4.78 is 10.3. The van der Waals surface area contributed by atoms with Gasteiger partial charge in [0.05, 0.1) is 12.5 Å². The molecule has 2 saturated heterocycles. The lowest BCUT2D eigenvalue weighted by molar-refractivity contribution is -0.143. The van der Waals surface area contributed by atoms with Crippen LogP contribution < -0.4 is 0 Å². The standard InChI is InChI=1S/C18H23ClN2O4/c1-24-17(23)21-10-8-20(9-11-21)16(22)18(6-12-25-13-7-18)14-4-2-3-5-15(14)19/h2-5H,6-13H2,1H3. The Morgan fingerprint density at radius 1 is 1.08 bits per heavy atom. The topological polar surface area (TPSA) is 59.1 Å². The molecular weight excluding hydrogens is 344 g/mol. The van der Waals surface area contributed by atoms with Crippen LogP contribution >= 0.6 is 11.6 Å². The number of amides is 2. The molecule has 1 aromatic carbocycles. The summed E-state index contributed by atoms with van der Waals surface area (Å²) in [6, 6.07) is 7.56. The zero-order chi connectivity index (χ0) is 17.9. The van der Waals surface area contributed by atoms with E-state index in [-0.39, 0.29) is 12.0 Å². The van der Waals surface area contributed by atoms with Gasteiger partial charge in [0.2, 0.25) is 5.91 Å². The Bertz CT molecular complexity index is 638. The maximum absolute atomic E-state index is 13.5. The van der Waals surface area contributed by atoms with Gasteiger partial charge in [0.15, 0.2) is 0 Å². The Balaban J connectivity index is 1.82. The van der Waals surface area contributed by atoms with E-state index >= 15 is 0 Å². The van der Waals surface area contributed by atoms with E-state index in [0.717, 1.165) is 5.56 Å². The van der Waals surface area contributed by atoms with Crippen LogP contribution in [-0.2, 0) is 19.7 Å². The zero-order valence-corrected chi connectivity index (χ0v) is 15.1. The van der Waals surface area contributed by atoms with Crippen molar-refractivity contribution in [3.05, 3.63) is 34.9 Å². The van der Waals surface area contributed by atoms with Crippen molar-refractivity contribution in [1.82, 2.24) is 9.80 Å². The second-order valence-electron chi connectivity index (χ2n) is 6.42. The van der Waals surface area contributed by atoms with Crippen molar-refractivity contribution in [2.45, 2.75) is 18.3 Å². The third kappa shape index (κ3) is 3.46. The van der Waals surface area contributed by atoms with Crippen LogP contribution in [0.15, 0.2) is 24.3 Å². The monoisotopic (exact) mass is 366 g/mol. The lowest BCUT2D eigenvalue weighted by Crippen LogP contribution is -2.56. The Labute approximate surface area is 152 Å². The number of halogens is 1. The lowest BCUT2D eigenvalue weighted by atomic mass is 9.72. The number of nitrogens with zero attached hydrogens (tertiary/aromatic N) is 2. The lowest BCUT2D eigenvalue weighted by Gasteiger charge is -2.43. The molecule has 0 bridgehead atoms. The molecule has 0 aromatic heterocycles. The van der Waals surface area contributed by atoms with E-state index in [4.69, 9.17) is 21.1 Å². The van der Waals surface area contributed by atoms with Gasteiger partial charge in [-0.05, 0) is 24.5 Å². The second-order valence-corrected chi connectivity index (χ2v) is 6.83. The fraction of sp³-hybridized carbons (Fsp3) is 0.556. The van der Waals surface area contributed by atoms with Crippen molar-refractivity contribution in [1.29, 1.82) is 0 Å². The molecular formula is C18H23ClN2O4. The van der Waals surface area contributed by atoms with Crippen molar-refractivity contribution in [2.75, 3.05) is 46.5 Å². The van der Waals surface area contributed by atoms with Gasteiger partial charge in [-0.25, -0.2) is 4.79 Å². The average molecular weight is 367 g/mol. The maximum atomic E-state index is 13.5.